The summed E-state index contributed by atoms with van der Waals surface area (Å²) < 4.78 is 28.5. The largest absolute Gasteiger partial charge is 0.325 e. The predicted molar refractivity (Wildman–Crippen MR) is 129 cm³/mol. The lowest BCUT2D eigenvalue weighted by atomic mass is 10.1. The van der Waals surface area contributed by atoms with Crippen LogP contribution in [0.3, 0.4) is 0 Å². The normalized spacial score (nSPS) is 11.5. The van der Waals surface area contributed by atoms with E-state index in [2.05, 4.69) is 5.32 Å². The lowest BCUT2D eigenvalue weighted by Crippen LogP contribution is -2.39. The van der Waals surface area contributed by atoms with Crippen LogP contribution in [-0.2, 0) is 27.7 Å². The number of nitrogens with zero attached hydrogens (tertiary/aromatic N) is 1. The predicted octanol–water partition coefficient (Wildman–Crippen LogP) is 4.74. The first-order valence-electron chi connectivity index (χ1n) is 10.8. The van der Waals surface area contributed by atoms with Gasteiger partial charge in [0.25, 0.3) is 0 Å². The molecule has 5 nitrogen and oxygen atoms in total. The van der Waals surface area contributed by atoms with Crippen LogP contribution in [-0.4, -0.2) is 31.7 Å². The van der Waals surface area contributed by atoms with E-state index < -0.39 is 10.0 Å². The van der Waals surface area contributed by atoms with Crippen molar-refractivity contribution >= 4 is 21.6 Å². The third-order valence-corrected chi connectivity index (χ3v) is 7.43. The van der Waals surface area contributed by atoms with Crippen molar-refractivity contribution in [3.8, 4) is 0 Å². The van der Waals surface area contributed by atoms with E-state index in [0.29, 0.717) is 17.7 Å². The van der Waals surface area contributed by atoms with Gasteiger partial charge in [-0.2, -0.15) is 4.31 Å². The Hall–Kier alpha value is -2.96. The maximum Gasteiger partial charge on any atom is 0.243 e. The fourth-order valence-electron chi connectivity index (χ4n) is 3.61. The van der Waals surface area contributed by atoms with Crippen molar-refractivity contribution in [1.82, 2.24) is 4.31 Å². The van der Waals surface area contributed by atoms with Crippen molar-refractivity contribution in [2.45, 2.75) is 38.5 Å². The number of hydrogen-bond acceptors (Lipinski definition) is 3. The highest BCUT2D eigenvalue weighted by molar-refractivity contribution is 7.89. The molecule has 0 bridgehead atoms. The number of amides is 1. The summed E-state index contributed by atoms with van der Waals surface area (Å²) in [7, 11) is -3.85. The molecule has 1 amide bonds. The SMILES string of the molecule is CCc1ccccc1NC(=O)CN(CCc1ccccc1)S(=O)(=O)c1cc(C)ccc1C. The van der Waals surface area contributed by atoms with Gasteiger partial charge in [-0.1, -0.05) is 67.6 Å². The number of rotatable bonds is 9. The summed E-state index contributed by atoms with van der Waals surface area (Å²) in [4.78, 5) is 13.2. The number of hydrogen-bond donors (Lipinski definition) is 1. The van der Waals surface area contributed by atoms with Crippen LogP contribution < -0.4 is 5.32 Å². The van der Waals surface area contributed by atoms with E-state index in [1.807, 2.05) is 74.5 Å². The van der Waals surface area contributed by atoms with Crippen LogP contribution in [0.4, 0.5) is 5.69 Å². The van der Waals surface area contributed by atoms with Crippen molar-refractivity contribution in [2.75, 3.05) is 18.4 Å². The molecule has 0 aliphatic carbocycles. The van der Waals surface area contributed by atoms with E-state index in [1.165, 1.54) is 4.31 Å². The summed E-state index contributed by atoms with van der Waals surface area (Å²) in [6.07, 6.45) is 1.29. The van der Waals surface area contributed by atoms with E-state index >= 15 is 0 Å². The number of carbonyl (C=O) groups is 1. The summed E-state index contributed by atoms with van der Waals surface area (Å²) in [6.45, 7) is 5.62. The van der Waals surface area contributed by atoms with Gasteiger partial charge in [0.05, 0.1) is 11.4 Å². The molecule has 3 aromatic rings. The number of para-hydroxylation sites is 1. The lowest BCUT2D eigenvalue weighted by molar-refractivity contribution is -0.116. The summed E-state index contributed by atoms with van der Waals surface area (Å²) in [5.74, 6) is -0.354. The first kappa shape index (κ1) is 23.7. The molecule has 0 saturated carbocycles. The van der Waals surface area contributed by atoms with Gasteiger partial charge in [0.15, 0.2) is 0 Å². The van der Waals surface area contributed by atoms with Crippen LogP contribution >= 0.6 is 0 Å². The molecule has 0 spiro atoms. The number of carbonyl (C=O) groups excluding carboxylic acids is 1. The topological polar surface area (TPSA) is 66.5 Å². The molecule has 0 saturated heterocycles. The van der Waals surface area contributed by atoms with Crippen LogP contribution in [0, 0.1) is 13.8 Å². The van der Waals surface area contributed by atoms with Crippen molar-refractivity contribution in [2.24, 2.45) is 0 Å². The van der Waals surface area contributed by atoms with Crippen LogP contribution in [0.25, 0.3) is 0 Å². The molecule has 6 heteroatoms. The Kier molecular flexibility index (Phi) is 7.83. The Bertz CT molecular complexity index is 1170. The highest BCUT2D eigenvalue weighted by Crippen LogP contribution is 2.22. The first-order chi connectivity index (χ1) is 15.3. The highest BCUT2D eigenvalue weighted by Gasteiger charge is 2.28. The van der Waals surface area contributed by atoms with E-state index in [9.17, 15) is 13.2 Å². The number of sulfonamides is 1. The van der Waals surface area contributed by atoms with Crippen LogP contribution in [0.15, 0.2) is 77.7 Å². The van der Waals surface area contributed by atoms with E-state index in [-0.39, 0.29) is 23.9 Å². The quantitative estimate of drug-likeness (QED) is 0.512. The molecule has 0 unspecified atom stereocenters. The van der Waals surface area contributed by atoms with Crippen LogP contribution in [0.2, 0.25) is 0 Å². The molecule has 0 heterocycles. The van der Waals surface area contributed by atoms with E-state index in [4.69, 9.17) is 0 Å². The molecule has 168 valence electrons. The zero-order chi connectivity index (χ0) is 23.1. The third-order valence-electron chi connectivity index (χ3n) is 5.45. The maximum atomic E-state index is 13.6. The smallest absolute Gasteiger partial charge is 0.243 e. The molecular formula is C26H30N2O3S. The second-order valence-electron chi connectivity index (χ2n) is 7.90. The molecule has 32 heavy (non-hydrogen) atoms. The number of benzene rings is 3. The molecule has 0 radical (unpaired) electrons. The number of anilines is 1. The van der Waals surface area contributed by atoms with Crippen molar-refractivity contribution < 1.29 is 13.2 Å². The number of aryl methyl sites for hydroxylation is 3. The fraction of sp³-hybridized carbons (Fsp3) is 0.269. The Morgan fingerprint density at radius 2 is 1.62 bits per heavy atom. The zero-order valence-corrected chi connectivity index (χ0v) is 19.7. The highest BCUT2D eigenvalue weighted by atomic mass is 32.2. The average molecular weight is 451 g/mol. The summed E-state index contributed by atoms with van der Waals surface area (Å²) in [5, 5.41) is 2.89. The Balaban J connectivity index is 1.87. The molecule has 0 aliphatic rings. The van der Waals surface area contributed by atoms with Gasteiger partial charge < -0.3 is 5.32 Å². The molecular weight excluding hydrogens is 420 g/mol. The van der Waals surface area contributed by atoms with Gasteiger partial charge in [0.2, 0.25) is 15.9 Å². The van der Waals surface area contributed by atoms with Gasteiger partial charge in [-0.25, -0.2) is 8.42 Å². The van der Waals surface area contributed by atoms with Gasteiger partial charge >= 0.3 is 0 Å². The standard InChI is InChI=1S/C26H30N2O3S/c1-4-23-12-8-9-13-24(23)27-26(29)19-28(17-16-22-10-6-5-7-11-22)32(30,31)25-18-20(2)14-15-21(25)3/h5-15,18H,4,16-17,19H2,1-3H3,(H,27,29). The minimum atomic E-state index is -3.85. The maximum absolute atomic E-state index is 13.6. The molecule has 1 N–H and O–H groups in total. The summed E-state index contributed by atoms with van der Waals surface area (Å²) >= 11 is 0. The van der Waals surface area contributed by atoms with Crippen molar-refractivity contribution in [3.05, 3.63) is 95.1 Å². The minimum Gasteiger partial charge on any atom is -0.325 e. The van der Waals surface area contributed by atoms with Crippen molar-refractivity contribution in [1.29, 1.82) is 0 Å². The Labute approximate surface area is 191 Å². The Morgan fingerprint density at radius 1 is 0.938 bits per heavy atom. The fourth-order valence-corrected chi connectivity index (χ4v) is 5.31. The van der Waals surface area contributed by atoms with Gasteiger partial charge in [-0.3, -0.25) is 4.79 Å². The van der Waals surface area contributed by atoms with E-state index in [1.54, 1.807) is 19.1 Å². The molecule has 0 aromatic heterocycles. The van der Waals surface area contributed by atoms with Crippen LogP contribution in [0.1, 0.15) is 29.2 Å². The Morgan fingerprint density at radius 3 is 2.34 bits per heavy atom. The summed E-state index contributed by atoms with van der Waals surface area (Å²) in [6, 6.07) is 22.6. The van der Waals surface area contributed by atoms with Gasteiger partial charge in [-0.05, 0) is 61.1 Å². The van der Waals surface area contributed by atoms with E-state index in [0.717, 1.165) is 23.1 Å². The van der Waals surface area contributed by atoms with Crippen molar-refractivity contribution in [3.63, 3.8) is 0 Å². The monoisotopic (exact) mass is 450 g/mol. The molecule has 0 aliphatic heterocycles. The van der Waals surface area contributed by atoms with Crippen LogP contribution in [0.5, 0.6) is 0 Å². The second kappa shape index (κ2) is 10.6. The molecule has 0 atom stereocenters. The number of nitrogens with one attached hydrogen (secondary N) is 1. The van der Waals surface area contributed by atoms with Gasteiger partial charge in [-0.15, -0.1) is 0 Å². The first-order valence-corrected chi connectivity index (χ1v) is 12.2. The molecule has 3 rings (SSSR count). The third kappa shape index (κ3) is 5.84. The molecule has 3 aromatic carbocycles. The zero-order valence-electron chi connectivity index (χ0n) is 18.8. The lowest BCUT2D eigenvalue weighted by Gasteiger charge is -2.23. The minimum absolute atomic E-state index is 0.211. The van der Waals surface area contributed by atoms with Gasteiger partial charge in [0, 0.05) is 12.2 Å². The second-order valence-corrected chi connectivity index (χ2v) is 9.81. The summed E-state index contributed by atoms with van der Waals surface area (Å²) in [5.41, 5.74) is 4.27. The average Bonchev–Trinajstić information content (AvgIpc) is 2.79. The van der Waals surface area contributed by atoms with Gasteiger partial charge in [0.1, 0.15) is 0 Å². The molecule has 0 fully saturated rings.